The Kier molecular flexibility index (Phi) is 7.23. The van der Waals surface area contributed by atoms with E-state index in [1.807, 2.05) is 6.92 Å². The maximum absolute atomic E-state index is 12.7. The second-order valence-electron chi connectivity index (χ2n) is 7.07. The molecule has 0 aromatic heterocycles. The van der Waals surface area contributed by atoms with Crippen LogP contribution >= 0.6 is 0 Å². The van der Waals surface area contributed by atoms with E-state index in [-0.39, 0.29) is 29.4 Å². The van der Waals surface area contributed by atoms with E-state index in [0.29, 0.717) is 36.7 Å². The molecule has 2 aromatic rings. The fourth-order valence-corrected chi connectivity index (χ4v) is 4.87. The first kappa shape index (κ1) is 22.0. The Hall–Kier alpha value is -2.71. The van der Waals surface area contributed by atoms with Gasteiger partial charge in [0.15, 0.2) is 5.78 Å². The Labute approximate surface area is 177 Å². The summed E-state index contributed by atoms with van der Waals surface area (Å²) in [5.41, 5.74) is 0.916. The number of hydrogen-bond donors (Lipinski definition) is 1. The number of benzene rings is 2. The molecule has 1 heterocycles. The van der Waals surface area contributed by atoms with Gasteiger partial charge in [0.2, 0.25) is 15.9 Å². The van der Waals surface area contributed by atoms with Crippen LogP contribution in [0.25, 0.3) is 0 Å². The van der Waals surface area contributed by atoms with Crippen molar-refractivity contribution >= 4 is 27.4 Å². The topological polar surface area (TPSA) is 92.8 Å². The third kappa shape index (κ3) is 5.46. The molecule has 1 fully saturated rings. The Balaban J connectivity index is 1.56. The van der Waals surface area contributed by atoms with E-state index in [1.165, 1.54) is 16.4 Å². The number of ether oxygens (including phenoxy) is 1. The monoisotopic (exact) mass is 430 g/mol. The average molecular weight is 431 g/mol. The average Bonchev–Trinajstić information content (AvgIpc) is 3.29. The largest absolute Gasteiger partial charge is 0.494 e. The number of nitrogens with zero attached hydrogens (tertiary/aromatic N) is 1. The smallest absolute Gasteiger partial charge is 0.243 e. The Bertz CT molecular complexity index is 996. The van der Waals surface area contributed by atoms with Gasteiger partial charge in [-0.3, -0.25) is 9.59 Å². The molecule has 1 saturated heterocycles. The predicted molar refractivity (Wildman–Crippen MR) is 114 cm³/mol. The molecule has 1 N–H and O–H groups in total. The third-order valence-electron chi connectivity index (χ3n) is 4.89. The lowest BCUT2D eigenvalue weighted by Crippen LogP contribution is -2.27. The van der Waals surface area contributed by atoms with Crippen LogP contribution in [0.3, 0.4) is 0 Å². The molecule has 0 bridgehead atoms. The fourth-order valence-electron chi connectivity index (χ4n) is 3.31. The van der Waals surface area contributed by atoms with E-state index < -0.39 is 10.0 Å². The second-order valence-corrected chi connectivity index (χ2v) is 9.01. The first-order valence-corrected chi connectivity index (χ1v) is 11.5. The summed E-state index contributed by atoms with van der Waals surface area (Å²) < 4.78 is 32.1. The van der Waals surface area contributed by atoms with Crippen LogP contribution in [-0.4, -0.2) is 44.1 Å². The minimum absolute atomic E-state index is 0.00907. The summed E-state index contributed by atoms with van der Waals surface area (Å²) in [6.45, 7) is 3.47. The van der Waals surface area contributed by atoms with E-state index in [1.54, 1.807) is 36.4 Å². The van der Waals surface area contributed by atoms with E-state index in [9.17, 15) is 18.0 Å². The number of carbonyl (C=O) groups is 2. The summed E-state index contributed by atoms with van der Waals surface area (Å²) in [6, 6.07) is 13.0. The lowest BCUT2D eigenvalue weighted by atomic mass is 10.1. The first-order valence-electron chi connectivity index (χ1n) is 10.1. The number of anilines is 1. The number of rotatable bonds is 9. The van der Waals surface area contributed by atoms with Crippen molar-refractivity contribution in [2.45, 2.75) is 37.5 Å². The predicted octanol–water partition coefficient (Wildman–Crippen LogP) is 3.47. The van der Waals surface area contributed by atoms with Crippen LogP contribution in [0.2, 0.25) is 0 Å². The lowest BCUT2D eigenvalue weighted by Gasteiger charge is -2.16. The van der Waals surface area contributed by atoms with Crippen molar-refractivity contribution in [3.8, 4) is 5.75 Å². The molecule has 0 saturated carbocycles. The molecular formula is C22H26N2O5S. The fraction of sp³-hybridized carbons (Fsp3) is 0.364. The highest BCUT2D eigenvalue weighted by Crippen LogP contribution is 2.23. The van der Waals surface area contributed by atoms with Crippen molar-refractivity contribution in [3.05, 3.63) is 54.1 Å². The van der Waals surface area contributed by atoms with Gasteiger partial charge < -0.3 is 10.1 Å². The summed E-state index contributed by atoms with van der Waals surface area (Å²) in [6.07, 6.45) is 1.79. The Morgan fingerprint density at radius 3 is 2.40 bits per heavy atom. The molecule has 0 aliphatic carbocycles. The van der Waals surface area contributed by atoms with Crippen molar-refractivity contribution in [1.82, 2.24) is 4.31 Å². The van der Waals surface area contributed by atoms with Crippen LogP contribution in [0.4, 0.5) is 5.69 Å². The minimum Gasteiger partial charge on any atom is -0.494 e. The Morgan fingerprint density at radius 2 is 1.73 bits per heavy atom. The van der Waals surface area contributed by atoms with Crippen LogP contribution in [0, 0.1) is 0 Å². The number of amides is 1. The van der Waals surface area contributed by atoms with Crippen LogP contribution in [0.15, 0.2) is 53.4 Å². The van der Waals surface area contributed by atoms with E-state index in [2.05, 4.69) is 5.32 Å². The molecule has 0 spiro atoms. The first-order chi connectivity index (χ1) is 14.4. The van der Waals surface area contributed by atoms with Gasteiger partial charge in [-0.25, -0.2) is 8.42 Å². The summed E-state index contributed by atoms with van der Waals surface area (Å²) in [4.78, 5) is 24.7. The van der Waals surface area contributed by atoms with E-state index >= 15 is 0 Å². The maximum Gasteiger partial charge on any atom is 0.243 e. The molecule has 3 rings (SSSR count). The van der Waals surface area contributed by atoms with Gasteiger partial charge in [-0.15, -0.1) is 0 Å². The maximum atomic E-state index is 12.7. The zero-order chi connectivity index (χ0) is 21.6. The van der Waals surface area contributed by atoms with Gasteiger partial charge in [-0.1, -0.05) is 6.07 Å². The van der Waals surface area contributed by atoms with E-state index in [4.69, 9.17) is 4.74 Å². The van der Waals surface area contributed by atoms with Crippen molar-refractivity contribution in [3.63, 3.8) is 0 Å². The van der Waals surface area contributed by atoms with Gasteiger partial charge in [0.05, 0.1) is 11.5 Å². The van der Waals surface area contributed by atoms with Crippen molar-refractivity contribution < 1.29 is 22.7 Å². The Morgan fingerprint density at radius 1 is 1.03 bits per heavy atom. The van der Waals surface area contributed by atoms with Crippen molar-refractivity contribution in [2.75, 3.05) is 25.0 Å². The van der Waals surface area contributed by atoms with E-state index in [0.717, 1.165) is 12.8 Å². The highest BCUT2D eigenvalue weighted by Gasteiger charge is 2.27. The zero-order valence-corrected chi connectivity index (χ0v) is 17.8. The SMILES string of the molecule is CCOc1ccc(C(=O)CCC(=O)Nc2cccc(S(=O)(=O)N3CCCC3)c2)cc1. The molecule has 0 unspecified atom stereocenters. The summed E-state index contributed by atoms with van der Waals surface area (Å²) in [7, 11) is -3.55. The van der Waals surface area contributed by atoms with Crippen LogP contribution in [0.5, 0.6) is 5.75 Å². The molecular weight excluding hydrogens is 404 g/mol. The van der Waals surface area contributed by atoms with Crippen LogP contribution < -0.4 is 10.1 Å². The standard InChI is InChI=1S/C22H26N2O5S/c1-2-29-19-10-8-17(9-11-19)21(25)12-13-22(26)23-18-6-5-7-20(16-18)30(27,28)24-14-3-4-15-24/h5-11,16H,2-4,12-15H2,1H3,(H,23,26). The molecule has 7 nitrogen and oxygen atoms in total. The molecule has 1 aliphatic rings. The molecule has 8 heteroatoms. The lowest BCUT2D eigenvalue weighted by molar-refractivity contribution is -0.116. The molecule has 160 valence electrons. The number of nitrogens with one attached hydrogen (secondary N) is 1. The highest BCUT2D eigenvalue weighted by molar-refractivity contribution is 7.89. The number of hydrogen-bond acceptors (Lipinski definition) is 5. The molecule has 0 radical (unpaired) electrons. The minimum atomic E-state index is -3.55. The summed E-state index contributed by atoms with van der Waals surface area (Å²) in [5.74, 6) is 0.208. The molecule has 1 aliphatic heterocycles. The number of Topliss-reactive ketones (excluding diaryl/α,β-unsaturated/α-hetero) is 1. The van der Waals surface area contributed by atoms with Crippen molar-refractivity contribution in [2.24, 2.45) is 0 Å². The molecule has 1 amide bonds. The molecule has 2 aromatic carbocycles. The normalized spacial score (nSPS) is 14.4. The highest BCUT2D eigenvalue weighted by atomic mass is 32.2. The summed E-state index contributed by atoms with van der Waals surface area (Å²) in [5, 5.41) is 2.68. The molecule has 30 heavy (non-hydrogen) atoms. The van der Waals surface area contributed by atoms with Crippen molar-refractivity contribution in [1.29, 1.82) is 0 Å². The van der Waals surface area contributed by atoms with Gasteiger partial charge in [0, 0.05) is 37.2 Å². The zero-order valence-electron chi connectivity index (χ0n) is 17.0. The molecule has 0 atom stereocenters. The van der Waals surface area contributed by atoms with Gasteiger partial charge in [-0.05, 0) is 62.2 Å². The van der Waals surface area contributed by atoms with Crippen LogP contribution in [-0.2, 0) is 14.8 Å². The number of carbonyl (C=O) groups excluding carboxylic acids is 2. The number of ketones is 1. The van der Waals surface area contributed by atoms with Gasteiger partial charge in [-0.2, -0.15) is 4.31 Å². The van der Waals surface area contributed by atoms with Gasteiger partial charge >= 0.3 is 0 Å². The third-order valence-corrected chi connectivity index (χ3v) is 6.78. The number of sulfonamides is 1. The summed E-state index contributed by atoms with van der Waals surface area (Å²) >= 11 is 0. The quantitative estimate of drug-likeness (QED) is 0.615. The van der Waals surface area contributed by atoms with Crippen LogP contribution in [0.1, 0.15) is 43.0 Å². The van der Waals surface area contributed by atoms with Gasteiger partial charge in [0.25, 0.3) is 0 Å². The van der Waals surface area contributed by atoms with Gasteiger partial charge in [0.1, 0.15) is 5.75 Å². The second kappa shape index (κ2) is 9.86.